The highest BCUT2D eigenvalue weighted by Gasteiger charge is 2.32. The van der Waals surface area contributed by atoms with Crippen molar-refractivity contribution in [2.24, 2.45) is 0 Å². The second-order valence-electron chi connectivity index (χ2n) is 11.5. The highest BCUT2D eigenvalue weighted by atomic mass is 35.5. The van der Waals surface area contributed by atoms with Gasteiger partial charge in [-0.1, -0.05) is 90.7 Å². The molecule has 9 heteroatoms. The summed E-state index contributed by atoms with van der Waals surface area (Å²) < 4.78 is 26.9. The van der Waals surface area contributed by atoms with E-state index in [4.69, 9.17) is 11.6 Å². The molecule has 0 bridgehead atoms. The van der Waals surface area contributed by atoms with E-state index in [1.54, 1.807) is 30.0 Å². The quantitative estimate of drug-likeness (QED) is 0.246. The predicted octanol–water partition coefficient (Wildman–Crippen LogP) is 6.20. The maximum atomic E-state index is 14.1. The van der Waals surface area contributed by atoms with E-state index in [1.165, 1.54) is 4.31 Å². The van der Waals surface area contributed by atoms with Gasteiger partial charge in [-0.2, -0.15) is 0 Å². The van der Waals surface area contributed by atoms with Gasteiger partial charge in [-0.3, -0.25) is 13.9 Å². The number of sulfonamides is 1. The SMILES string of the molecule is Cc1cccc(CN(C(=O)CCCN(c2cccc(Cl)c2C)S(C)(=O)=O)[C@@H](Cc2ccccc2)C(=O)NC2CCCC2)c1. The minimum atomic E-state index is -3.63. The van der Waals surface area contributed by atoms with E-state index in [-0.39, 0.29) is 43.8 Å². The van der Waals surface area contributed by atoms with Crippen molar-refractivity contribution >= 4 is 39.1 Å². The smallest absolute Gasteiger partial charge is 0.243 e. The van der Waals surface area contributed by atoms with Crippen LogP contribution in [0, 0.1) is 13.8 Å². The van der Waals surface area contributed by atoms with Crippen LogP contribution in [0.3, 0.4) is 0 Å². The van der Waals surface area contributed by atoms with E-state index >= 15 is 0 Å². The molecule has 0 heterocycles. The summed E-state index contributed by atoms with van der Waals surface area (Å²) in [6.45, 7) is 4.17. The Morgan fingerprint density at radius 3 is 2.30 bits per heavy atom. The number of halogens is 1. The van der Waals surface area contributed by atoms with Crippen LogP contribution in [0.5, 0.6) is 0 Å². The summed E-state index contributed by atoms with van der Waals surface area (Å²) in [5.74, 6) is -0.343. The van der Waals surface area contributed by atoms with Crippen LogP contribution in [-0.4, -0.2) is 50.0 Å². The number of nitrogens with one attached hydrogen (secondary N) is 1. The van der Waals surface area contributed by atoms with E-state index in [2.05, 4.69) is 5.32 Å². The number of hydrogen-bond acceptors (Lipinski definition) is 4. The van der Waals surface area contributed by atoms with Crippen molar-refractivity contribution in [1.29, 1.82) is 0 Å². The van der Waals surface area contributed by atoms with Crippen LogP contribution < -0.4 is 9.62 Å². The van der Waals surface area contributed by atoms with Crippen molar-refractivity contribution in [1.82, 2.24) is 10.2 Å². The van der Waals surface area contributed by atoms with Gasteiger partial charge in [-0.15, -0.1) is 0 Å². The summed E-state index contributed by atoms with van der Waals surface area (Å²) in [5.41, 5.74) is 4.13. The number of aryl methyl sites for hydroxylation is 1. The second kappa shape index (κ2) is 14.9. The van der Waals surface area contributed by atoms with Gasteiger partial charge in [-0.05, 0) is 61.9 Å². The molecule has 4 rings (SSSR count). The first kappa shape index (κ1) is 32.6. The Labute approximate surface area is 261 Å². The summed E-state index contributed by atoms with van der Waals surface area (Å²) in [4.78, 5) is 29.6. The number of nitrogens with zero attached hydrogens (tertiary/aromatic N) is 2. The van der Waals surface area contributed by atoms with Gasteiger partial charge in [0.2, 0.25) is 21.8 Å². The molecule has 0 aromatic heterocycles. The number of carbonyl (C=O) groups excluding carboxylic acids is 2. The van der Waals surface area contributed by atoms with Gasteiger partial charge in [0.05, 0.1) is 11.9 Å². The topological polar surface area (TPSA) is 86.8 Å². The minimum Gasteiger partial charge on any atom is -0.352 e. The fourth-order valence-electron chi connectivity index (χ4n) is 5.78. The zero-order chi connectivity index (χ0) is 31.0. The zero-order valence-corrected chi connectivity index (χ0v) is 26.8. The molecule has 230 valence electrons. The van der Waals surface area contributed by atoms with E-state index in [0.717, 1.165) is 48.6 Å². The molecular weight excluding hydrogens is 582 g/mol. The summed E-state index contributed by atoms with van der Waals surface area (Å²) in [5, 5.41) is 3.70. The third-order valence-corrected chi connectivity index (χ3v) is 9.66. The highest BCUT2D eigenvalue weighted by Crippen LogP contribution is 2.29. The van der Waals surface area contributed by atoms with Crippen molar-refractivity contribution in [3.8, 4) is 0 Å². The Morgan fingerprint density at radius 1 is 0.953 bits per heavy atom. The van der Waals surface area contributed by atoms with Crippen molar-refractivity contribution in [2.45, 2.75) is 77.4 Å². The number of anilines is 1. The van der Waals surface area contributed by atoms with Crippen molar-refractivity contribution < 1.29 is 18.0 Å². The van der Waals surface area contributed by atoms with Gasteiger partial charge in [0.25, 0.3) is 0 Å². The molecule has 0 unspecified atom stereocenters. The number of hydrogen-bond donors (Lipinski definition) is 1. The van der Waals surface area contributed by atoms with Crippen LogP contribution in [0.2, 0.25) is 5.02 Å². The molecule has 3 aromatic carbocycles. The molecule has 1 N–H and O–H groups in total. The lowest BCUT2D eigenvalue weighted by atomic mass is 10.0. The fraction of sp³-hybridized carbons (Fsp3) is 0.412. The molecule has 0 spiro atoms. The first-order chi connectivity index (χ1) is 20.5. The van der Waals surface area contributed by atoms with Crippen LogP contribution in [0.4, 0.5) is 5.69 Å². The van der Waals surface area contributed by atoms with E-state index < -0.39 is 16.1 Å². The molecule has 3 aromatic rings. The maximum Gasteiger partial charge on any atom is 0.243 e. The standard InChI is InChI=1S/C34H42ClN3O4S/c1-25-12-9-15-28(22-25)24-37(32(23-27-13-5-4-6-14-27)34(40)36-29-16-7-8-17-29)33(39)20-11-21-38(43(3,41)42)31-19-10-18-30(35)26(31)2/h4-6,9-10,12-15,18-19,22,29,32H,7-8,11,16-17,20-21,23-24H2,1-3H3,(H,36,40)/t32-/m0/s1. The van der Waals surface area contributed by atoms with Crippen molar-refractivity contribution in [3.63, 3.8) is 0 Å². The Bertz CT molecular complexity index is 1510. The predicted molar refractivity (Wildman–Crippen MR) is 174 cm³/mol. The van der Waals surface area contributed by atoms with E-state index in [0.29, 0.717) is 22.7 Å². The molecule has 0 saturated heterocycles. The molecule has 1 aliphatic carbocycles. The molecule has 0 radical (unpaired) electrons. The average Bonchev–Trinajstić information content (AvgIpc) is 3.47. The lowest BCUT2D eigenvalue weighted by molar-refractivity contribution is -0.141. The summed E-state index contributed by atoms with van der Waals surface area (Å²) in [6.07, 6.45) is 5.96. The number of carbonyl (C=O) groups is 2. The van der Waals surface area contributed by atoms with Crippen LogP contribution in [0.25, 0.3) is 0 Å². The molecule has 1 saturated carbocycles. The van der Waals surface area contributed by atoms with Crippen molar-refractivity contribution in [3.05, 3.63) is 100 Å². The molecule has 43 heavy (non-hydrogen) atoms. The largest absolute Gasteiger partial charge is 0.352 e. The number of benzene rings is 3. The van der Waals surface area contributed by atoms with Crippen LogP contribution in [0.1, 0.15) is 60.8 Å². The van der Waals surface area contributed by atoms with Crippen LogP contribution in [0.15, 0.2) is 72.8 Å². The van der Waals surface area contributed by atoms with E-state index in [1.807, 2.05) is 61.5 Å². The summed E-state index contributed by atoms with van der Waals surface area (Å²) in [6, 6.07) is 22.3. The molecule has 0 aliphatic heterocycles. The molecule has 1 atom stereocenters. The summed E-state index contributed by atoms with van der Waals surface area (Å²) >= 11 is 6.29. The highest BCUT2D eigenvalue weighted by molar-refractivity contribution is 7.92. The lowest BCUT2D eigenvalue weighted by Crippen LogP contribution is -2.52. The third kappa shape index (κ3) is 9.07. The van der Waals surface area contributed by atoms with Gasteiger partial charge in [0.15, 0.2) is 0 Å². The normalized spacial score (nSPS) is 14.3. The lowest BCUT2D eigenvalue weighted by Gasteiger charge is -2.33. The average molecular weight is 624 g/mol. The van der Waals surface area contributed by atoms with Crippen molar-refractivity contribution in [2.75, 3.05) is 17.1 Å². The van der Waals surface area contributed by atoms with Crippen LogP contribution in [-0.2, 0) is 32.6 Å². The fourth-order valence-corrected chi connectivity index (χ4v) is 6.96. The monoisotopic (exact) mass is 623 g/mol. The Morgan fingerprint density at radius 2 is 1.63 bits per heavy atom. The van der Waals surface area contributed by atoms with Gasteiger partial charge >= 0.3 is 0 Å². The molecular formula is C34H42ClN3O4S. The molecule has 2 amide bonds. The molecule has 7 nitrogen and oxygen atoms in total. The van der Waals surface area contributed by atoms with Gasteiger partial charge in [0.1, 0.15) is 6.04 Å². The third-order valence-electron chi connectivity index (χ3n) is 8.07. The number of rotatable bonds is 13. The number of amides is 2. The first-order valence-electron chi connectivity index (χ1n) is 14.9. The first-order valence-corrected chi connectivity index (χ1v) is 17.2. The maximum absolute atomic E-state index is 14.1. The Balaban J connectivity index is 1.60. The Kier molecular flexibility index (Phi) is 11.3. The van der Waals surface area contributed by atoms with E-state index in [9.17, 15) is 18.0 Å². The zero-order valence-electron chi connectivity index (χ0n) is 25.3. The van der Waals surface area contributed by atoms with Gasteiger partial charge in [0, 0.05) is 37.0 Å². The molecule has 1 fully saturated rings. The van der Waals surface area contributed by atoms with Gasteiger partial charge in [-0.25, -0.2) is 8.42 Å². The second-order valence-corrected chi connectivity index (χ2v) is 13.8. The van der Waals surface area contributed by atoms with Gasteiger partial charge < -0.3 is 10.2 Å². The summed E-state index contributed by atoms with van der Waals surface area (Å²) in [7, 11) is -3.63. The van der Waals surface area contributed by atoms with Crippen LogP contribution >= 0.6 is 11.6 Å². The Hall–Kier alpha value is -3.36. The minimum absolute atomic E-state index is 0.0828. The molecule has 1 aliphatic rings.